The van der Waals surface area contributed by atoms with E-state index in [9.17, 15) is 0 Å². The Labute approximate surface area is 168 Å². The van der Waals surface area contributed by atoms with Crippen molar-refractivity contribution in [2.45, 2.75) is 51.5 Å². The molecule has 2 unspecified atom stereocenters. The maximum atomic E-state index is 5.15. The summed E-state index contributed by atoms with van der Waals surface area (Å²) >= 11 is 0. The van der Waals surface area contributed by atoms with Crippen molar-refractivity contribution in [3.8, 4) is 0 Å². The first-order chi connectivity index (χ1) is 13.8. The van der Waals surface area contributed by atoms with Crippen LogP contribution in [0.3, 0.4) is 0 Å². The van der Waals surface area contributed by atoms with E-state index in [0.717, 1.165) is 13.0 Å². The number of fused-ring (bicyclic) bond motifs is 1. The summed E-state index contributed by atoms with van der Waals surface area (Å²) < 4.78 is 0. The molecule has 1 aliphatic rings. The fourth-order valence-corrected chi connectivity index (χ4v) is 4.35. The fraction of sp³-hybridized carbons (Fsp3) is 0.346. The Kier molecular flexibility index (Phi) is 5.76. The van der Waals surface area contributed by atoms with Crippen molar-refractivity contribution >= 4 is 16.5 Å². The number of hydrogen-bond donors (Lipinski definition) is 0. The van der Waals surface area contributed by atoms with E-state index in [1.54, 1.807) is 0 Å². The topological polar surface area (TPSA) is 15.6 Å². The van der Waals surface area contributed by atoms with Gasteiger partial charge in [0.25, 0.3) is 0 Å². The lowest BCUT2D eigenvalue weighted by Crippen LogP contribution is -2.22. The molecular formula is C26H30N2. The first-order valence-corrected chi connectivity index (χ1v) is 10.6. The van der Waals surface area contributed by atoms with Gasteiger partial charge in [-0.3, -0.25) is 5.01 Å². The van der Waals surface area contributed by atoms with Crippen LogP contribution in [0.25, 0.3) is 10.8 Å². The van der Waals surface area contributed by atoms with Gasteiger partial charge in [0, 0.05) is 18.2 Å². The summed E-state index contributed by atoms with van der Waals surface area (Å²) in [6.07, 6.45) is 4.86. The van der Waals surface area contributed by atoms with Crippen LogP contribution in [-0.2, 0) is 0 Å². The second-order valence-corrected chi connectivity index (χ2v) is 7.88. The summed E-state index contributed by atoms with van der Waals surface area (Å²) in [6, 6.07) is 26.5. The van der Waals surface area contributed by atoms with Crippen LogP contribution >= 0.6 is 0 Å². The molecule has 4 rings (SSSR count). The van der Waals surface area contributed by atoms with Gasteiger partial charge in [0.1, 0.15) is 0 Å². The van der Waals surface area contributed by atoms with Crippen molar-refractivity contribution in [1.29, 1.82) is 0 Å². The highest BCUT2D eigenvalue weighted by Gasteiger charge is 2.30. The summed E-state index contributed by atoms with van der Waals surface area (Å²) in [5, 5.41) is 10.1. The molecular weight excluding hydrogens is 340 g/mol. The zero-order valence-electron chi connectivity index (χ0n) is 17.0. The van der Waals surface area contributed by atoms with Crippen molar-refractivity contribution in [3.63, 3.8) is 0 Å². The van der Waals surface area contributed by atoms with E-state index in [1.165, 1.54) is 46.9 Å². The third-order valence-corrected chi connectivity index (χ3v) is 5.99. The van der Waals surface area contributed by atoms with Gasteiger partial charge in [0.2, 0.25) is 0 Å². The maximum Gasteiger partial charge on any atom is 0.0698 e. The van der Waals surface area contributed by atoms with Gasteiger partial charge < -0.3 is 0 Å². The Balaban J connectivity index is 1.63. The van der Waals surface area contributed by atoms with Gasteiger partial charge in [-0.2, -0.15) is 5.10 Å². The van der Waals surface area contributed by atoms with Crippen LogP contribution in [0.5, 0.6) is 0 Å². The molecule has 3 aromatic carbocycles. The number of nitrogens with zero attached hydrogens (tertiary/aromatic N) is 2. The third-order valence-electron chi connectivity index (χ3n) is 5.99. The lowest BCUT2D eigenvalue weighted by Gasteiger charge is -2.25. The highest BCUT2D eigenvalue weighted by Crippen LogP contribution is 2.35. The Morgan fingerprint density at radius 1 is 0.929 bits per heavy atom. The molecule has 0 bridgehead atoms. The van der Waals surface area contributed by atoms with Crippen LogP contribution in [0.2, 0.25) is 0 Å². The predicted octanol–water partition coefficient (Wildman–Crippen LogP) is 6.94. The molecule has 3 aromatic rings. The number of benzene rings is 3. The zero-order chi connectivity index (χ0) is 19.3. The highest BCUT2D eigenvalue weighted by atomic mass is 15.5. The van der Waals surface area contributed by atoms with Gasteiger partial charge in [-0.25, -0.2) is 0 Å². The first kappa shape index (κ1) is 18.7. The summed E-state index contributed by atoms with van der Waals surface area (Å²) in [5.74, 6) is 0.412. The average Bonchev–Trinajstić information content (AvgIpc) is 3.18. The molecule has 0 saturated carbocycles. The minimum Gasteiger partial charge on any atom is -0.289 e. The molecule has 28 heavy (non-hydrogen) atoms. The monoisotopic (exact) mass is 370 g/mol. The largest absolute Gasteiger partial charge is 0.289 e. The molecule has 0 saturated heterocycles. The fourth-order valence-electron chi connectivity index (χ4n) is 4.35. The van der Waals surface area contributed by atoms with Crippen LogP contribution in [0.15, 0.2) is 77.9 Å². The minimum absolute atomic E-state index is 0.265. The maximum absolute atomic E-state index is 5.15. The molecule has 1 aliphatic heterocycles. The smallest absolute Gasteiger partial charge is 0.0698 e. The van der Waals surface area contributed by atoms with Gasteiger partial charge >= 0.3 is 0 Å². The van der Waals surface area contributed by atoms with E-state index < -0.39 is 0 Å². The Hall–Kier alpha value is -2.61. The summed E-state index contributed by atoms with van der Waals surface area (Å²) in [6.45, 7) is 5.53. The molecule has 0 aromatic heterocycles. The molecule has 0 amide bonds. The SMILES string of the molecule is CCCCCC1=NN(C(C)c2cccc3ccccc23)CC1c1ccccc1. The molecule has 0 spiro atoms. The molecule has 0 radical (unpaired) electrons. The molecule has 2 heteroatoms. The molecule has 0 aliphatic carbocycles. The second kappa shape index (κ2) is 8.60. The van der Waals surface area contributed by atoms with Gasteiger partial charge in [-0.15, -0.1) is 0 Å². The average molecular weight is 371 g/mol. The van der Waals surface area contributed by atoms with E-state index in [2.05, 4.69) is 91.7 Å². The number of hydrazone groups is 1. The van der Waals surface area contributed by atoms with Crippen LogP contribution in [0, 0.1) is 0 Å². The molecule has 1 heterocycles. The highest BCUT2D eigenvalue weighted by molar-refractivity contribution is 5.92. The Morgan fingerprint density at radius 2 is 1.68 bits per heavy atom. The van der Waals surface area contributed by atoms with Gasteiger partial charge in [0.15, 0.2) is 0 Å². The molecule has 144 valence electrons. The normalized spacial score (nSPS) is 17.7. The summed E-state index contributed by atoms with van der Waals surface area (Å²) in [5.41, 5.74) is 4.11. The van der Waals surface area contributed by atoms with E-state index in [1.807, 2.05) is 0 Å². The third kappa shape index (κ3) is 3.82. The van der Waals surface area contributed by atoms with Crippen LogP contribution < -0.4 is 0 Å². The second-order valence-electron chi connectivity index (χ2n) is 7.88. The van der Waals surface area contributed by atoms with Crippen molar-refractivity contribution < 1.29 is 0 Å². The summed E-state index contributed by atoms with van der Waals surface area (Å²) in [7, 11) is 0. The quantitative estimate of drug-likeness (QED) is 0.411. The first-order valence-electron chi connectivity index (χ1n) is 10.6. The lowest BCUT2D eigenvalue weighted by molar-refractivity contribution is 0.240. The Bertz CT molecular complexity index is 940. The van der Waals surface area contributed by atoms with E-state index in [0.29, 0.717) is 5.92 Å². The van der Waals surface area contributed by atoms with E-state index in [4.69, 9.17) is 5.10 Å². The van der Waals surface area contributed by atoms with Crippen molar-refractivity contribution in [2.24, 2.45) is 5.10 Å². The number of unbranched alkanes of at least 4 members (excludes halogenated alkanes) is 2. The van der Waals surface area contributed by atoms with E-state index >= 15 is 0 Å². The number of rotatable bonds is 7. The van der Waals surface area contributed by atoms with Gasteiger partial charge in [-0.1, -0.05) is 92.6 Å². The van der Waals surface area contributed by atoms with Crippen molar-refractivity contribution in [1.82, 2.24) is 5.01 Å². The lowest BCUT2D eigenvalue weighted by atomic mass is 9.91. The van der Waals surface area contributed by atoms with Crippen LogP contribution in [0.1, 0.15) is 62.6 Å². The number of hydrogen-bond acceptors (Lipinski definition) is 2. The summed E-state index contributed by atoms with van der Waals surface area (Å²) in [4.78, 5) is 0. The van der Waals surface area contributed by atoms with Gasteiger partial charge in [-0.05, 0) is 41.7 Å². The molecule has 2 nitrogen and oxygen atoms in total. The molecule has 2 atom stereocenters. The molecule has 0 N–H and O–H groups in total. The van der Waals surface area contributed by atoms with Crippen LogP contribution in [-0.4, -0.2) is 17.3 Å². The van der Waals surface area contributed by atoms with E-state index in [-0.39, 0.29) is 6.04 Å². The van der Waals surface area contributed by atoms with Gasteiger partial charge in [0.05, 0.1) is 6.04 Å². The Morgan fingerprint density at radius 3 is 2.50 bits per heavy atom. The molecule has 0 fully saturated rings. The standard InChI is InChI=1S/C26H30N2/c1-3-4-6-18-26-25(22-12-7-5-8-13-22)19-28(27-26)20(2)23-17-11-15-21-14-9-10-16-24(21)23/h5,7-17,20,25H,3-4,6,18-19H2,1-2H3. The zero-order valence-corrected chi connectivity index (χ0v) is 17.0. The van der Waals surface area contributed by atoms with Crippen molar-refractivity contribution in [2.75, 3.05) is 6.54 Å². The van der Waals surface area contributed by atoms with Crippen LogP contribution in [0.4, 0.5) is 0 Å². The van der Waals surface area contributed by atoms with Crippen molar-refractivity contribution in [3.05, 3.63) is 83.9 Å². The predicted molar refractivity (Wildman–Crippen MR) is 120 cm³/mol. The minimum atomic E-state index is 0.265.